The van der Waals surface area contributed by atoms with E-state index in [0.717, 1.165) is 19.3 Å². The van der Waals surface area contributed by atoms with Crippen molar-refractivity contribution in [2.24, 2.45) is 23.2 Å². The quantitative estimate of drug-likeness (QED) is 0.659. The average molecular weight is 333 g/mol. The van der Waals surface area contributed by atoms with Gasteiger partial charge >= 0.3 is 6.18 Å². The first-order valence-corrected chi connectivity index (χ1v) is 8.94. The molecule has 1 saturated carbocycles. The first-order valence-electron chi connectivity index (χ1n) is 8.94. The number of amides is 1. The Kier molecular flexibility index (Phi) is 5.68. The molecule has 23 heavy (non-hydrogen) atoms. The maximum atomic E-state index is 12.9. The smallest absolute Gasteiger partial charge is 0.342 e. The number of alkyl halides is 3. The van der Waals surface area contributed by atoms with Crippen LogP contribution in [0, 0.1) is 23.2 Å². The van der Waals surface area contributed by atoms with Crippen LogP contribution in [0.15, 0.2) is 0 Å². The van der Waals surface area contributed by atoms with Crippen LogP contribution in [-0.2, 0) is 4.79 Å². The van der Waals surface area contributed by atoms with Crippen LogP contribution in [0.25, 0.3) is 0 Å². The van der Waals surface area contributed by atoms with Crippen LogP contribution in [0.2, 0.25) is 0 Å². The Hall–Kier alpha value is -0.740. The highest BCUT2D eigenvalue weighted by Crippen LogP contribution is 2.41. The van der Waals surface area contributed by atoms with Crippen LogP contribution in [-0.4, -0.2) is 30.1 Å². The fraction of sp³-hybridized carbons (Fsp3) is 0.944. The predicted octanol–water partition coefficient (Wildman–Crippen LogP) is 5.03. The minimum absolute atomic E-state index is 0.0124. The summed E-state index contributed by atoms with van der Waals surface area (Å²) < 4.78 is 38.8. The van der Waals surface area contributed by atoms with Crippen molar-refractivity contribution >= 4 is 5.91 Å². The molecule has 0 radical (unpaired) electrons. The lowest BCUT2D eigenvalue weighted by atomic mass is 9.77. The first-order chi connectivity index (χ1) is 10.6. The Balaban J connectivity index is 1.95. The maximum Gasteiger partial charge on any atom is 0.391 e. The van der Waals surface area contributed by atoms with E-state index in [1.165, 1.54) is 0 Å². The molecule has 1 saturated heterocycles. The zero-order chi connectivity index (χ0) is 17.3. The number of carbonyl (C=O) groups is 1. The van der Waals surface area contributed by atoms with E-state index < -0.39 is 18.0 Å². The SMILES string of the molecule is CC(C)(C)[C@@H]1CCCN(C(=O)[C@H]2CCC[C@H](C(F)(F)F)C2)CC1. The molecule has 3 atom stereocenters. The highest BCUT2D eigenvalue weighted by molar-refractivity contribution is 5.79. The highest BCUT2D eigenvalue weighted by atomic mass is 19.4. The van der Waals surface area contributed by atoms with Crippen LogP contribution >= 0.6 is 0 Å². The second-order valence-corrected chi connectivity index (χ2v) is 8.42. The van der Waals surface area contributed by atoms with Gasteiger partial charge in [-0.15, -0.1) is 0 Å². The lowest BCUT2D eigenvalue weighted by Gasteiger charge is -2.33. The molecule has 1 aliphatic heterocycles. The Morgan fingerprint density at radius 2 is 1.57 bits per heavy atom. The summed E-state index contributed by atoms with van der Waals surface area (Å²) in [5.74, 6) is -1.18. The van der Waals surface area contributed by atoms with Crippen molar-refractivity contribution in [3.05, 3.63) is 0 Å². The van der Waals surface area contributed by atoms with E-state index in [4.69, 9.17) is 0 Å². The summed E-state index contributed by atoms with van der Waals surface area (Å²) in [4.78, 5) is 14.5. The van der Waals surface area contributed by atoms with Gasteiger partial charge in [-0.3, -0.25) is 4.79 Å². The molecule has 5 heteroatoms. The number of carbonyl (C=O) groups excluding carboxylic acids is 1. The summed E-state index contributed by atoms with van der Waals surface area (Å²) in [7, 11) is 0. The van der Waals surface area contributed by atoms with Crippen LogP contribution in [0.1, 0.15) is 65.7 Å². The topological polar surface area (TPSA) is 20.3 Å². The third-order valence-electron chi connectivity index (χ3n) is 5.75. The minimum Gasteiger partial charge on any atom is -0.342 e. The molecule has 0 aromatic carbocycles. The molecule has 1 amide bonds. The maximum absolute atomic E-state index is 12.9. The molecule has 0 N–H and O–H groups in total. The number of hydrogen-bond donors (Lipinski definition) is 0. The van der Waals surface area contributed by atoms with Crippen molar-refractivity contribution in [3.8, 4) is 0 Å². The molecule has 2 rings (SSSR count). The lowest BCUT2D eigenvalue weighted by molar-refractivity contribution is -0.187. The predicted molar refractivity (Wildman–Crippen MR) is 84.9 cm³/mol. The van der Waals surface area contributed by atoms with Crippen molar-refractivity contribution < 1.29 is 18.0 Å². The summed E-state index contributed by atoms with van der Waals surface area (Å²) in [5.41, 5.74) is 0.227. The van der Waals surface area contributed by atoms with Gasteiger partial charge in [0.25, 0.3) is 0 Å². The highest BCUT2D eigenvalue weighted by Gasteiger charge is 2.44. The number of halogens is 3. The summed E-state index contributed by atoms with van der Waals surface area (Å²) in [6.45, 7) is 8.09. The fourth-order valence-corrected chi connectivity index (χ4v) is 4.15. The van der Waals surface area contributed by atoms with Crippen molar-refractivity contribution in [3.63, 3.8) is 0 Å². The normalized spacial score (nSPS) is 30.9. The van der Waals surface area contributed by atoms with Gasteiger partial charge in [0, 0.05) is 19.0 Å². The summed E-state index contributed by atoms with van der Waals surface area (Å²) >= 11 is 0. The molecular formula is C18H30F3NO. The van der Waals surface area contributed by atoms with Gasteiger partial charge in [0.15, 0.2) is 0 Å². The molecule has 1 aliphatic carbocycles. The van der Waals surface area contributed by atoms with E-state index in [1.807, 2.05) is 4.90 Å². The molecular weight excluding hydrogens is 303 g/mol. The standard InChI is InChI=1S/C18H30F3NO/c1-17(2,3)14-8-5-10-22(11-9-14)16(23)13-6-4-7-15(12-13)18(19,20)21/h13-15H,4-12H2,1-3H3/t13-,14+,15-/m0/s1. The van der Waals surface area contributed by atoms with Crippen LogP contribution in [0.4, 0.5) is 13.2 Å². The lowest BCUT2D eigenvalue weighted by Crippen LogP contribution is -2.41. The van der Waals surface area contributed by atoms with Crippen LogP contribution < -0.4 is 0 Å². The summed E-state index contributed by atoms with van der Waals surface area (Å²) in [6, 6.07) is 0. The van der Waals surface area contributed by atoms with Crippen molar-refractivity contribution in [1.82, 2.24) is 4.90 Å². The van der Waals surface area contributed by atoms with Crippen LogP contribution in [0.3, 0.4) is 0 Å². The monoisotopic (exact) mass is 333 g/mol. The van der Waals surface area contributed by atoms with Gasteiger partial charge in [-0.25, -0.2) is 0 Å². The van der Waals surface area contributed by atoms with E-state index in [-0.39, 0.29) is 24.2 Å². The second-order valence-electron chi connectivity index (χ2n) is 8.42. The molecule has 2 nitrogen and oxygen atoms in total. The largest absolute Gasteiger partial charge is 0.391 e. The molecule has 0 unspecified atom stereocenters. The van der Waals surface area contributed by atoms with E-state index in [2.05, 4.69) is 20.8 Å². The molecule has 134 valence electrons. The van der Waals surface area contributed by atoms with Gasteiger partial charge in [0.2, 0.25) is 5.91 Å². The van der Waals surface area contributed by atoms with E-state index in [0.29, 0.717) is 31.8 Å². The van der Waals surface area contributed by atoms with Gasteiger partial charge in [0.05, 0.1) is 5.92 Å². The Bertz CT molecular complexity index is 413. The second kappa shape index (κ2) is 7.02. The average Bonchev–Trinajstić information content (AvgIpc) is 2.71. The minimum atomic E-state index is -4.16. The molecule has 0 aromatic heterocycles. The number of likely N-dealkylation sites (tertiary alicyclic amines) is 1. The van der Waals surface area contributed by atoms with E-state index in [1.54, 1.807) is 0 Å². The Morgan fingerprint density at radius 3 is 2.17 bits per heavy atom. The summed E-state index contributed by atoms with van der Waals surface area (Å²) in [5, 5.41) is 0. The molecule has 2 fully saturated rings. The zero-order valence-electron chi connectivity index (χ0n) is 14.6. The van der Waals surface area contributed by atoms with E-state index in [9.17, 15) is 18.0 Å². The van der Waals surface area contributed by atoms with Gasteiger partial charge in [-0.1, -0.05) is 27.2 Å². The van der Waals surface area contributed by atoms with Gasteiger partial charge in [-0.05, 0) is 49.9 Å². The Morgan fingerprint density at radius 1 is 0.913 bits per heavy atom. The van der Waals surface area contributed by atoms with Gasteiger partial charge in [-0.2, -0.15) is 13.2 Å². The number of rotatable bonds is 1. The zero-order valence-corrected chi connectivity index (χ0v) is 14.6. The van der Waals surface area contributed by atoms with Crippen LogP contribution in [0.5, 0.6) is 0 Å². The number of nitrogens with zero attached hydrogens (tertiary/aromatic N) is 1. The molecule has 2 aliphatic rings. The molecule has 0 spiro atoms. The summed E-state index contributed by atoms with van der Waals surface area (Å²) in [6.07, 6.45) is 0.163. The Labute approximate surface area is 137 Å². The van der Waals surface area contributed by atoms with Crippen molar-refractivity contribution in [2.75, 3.05) is 13.1 Å². The molecule has 1 heterocycles. The molecule has 0 bridgehead atoms. The third-order valence-corrected chi connectivity index (χ3v) is 5.75. The van der Waals surface area contributed by atoms with Crippen molar-refractivity contribution in [2.45, 2.75) is 71.9 Å². The molecule has 0 aromatic rings. The fourth-order valence-electron chi connectivity index (χ4n) is 4.15. The van der Waals surface area contributed by atoms with Gasteiger partial charge < -0.3 is 4.90 Å². The van der Waals surface area contributed by atoms with Gasteiger partial charge in [0.1, 0.15) is 0 Å². The van der Waals surface area contributed by atoms with E-state index >= 15 is 0 Å². The third kappa shape index (κ3) is 4.87. The van der Waals surface area contributed by atoms with Crippen molar-refractivity contribution in [1.29, 1.82) is 0 Å². The number of hydrogen-bond acceptors (Lipinski definition) is 1. The first kappa shape index (κ1) is 18.6.